The second-order valence-corrected chi connectivity index (χ2v) is 8.03. The Bertz CT molecular complexity index is 1560. The second kappa shape index (κ2) is 7.93. The zero-order valence-electron chi connectivity index (χ0n) is 16.7. The number of carbonyl (C=O) groups excluding carboxylic acids is 1. The molecule has 6 rings (SSSR count). The standard InChI is InChI=1S/C14H11NO2.C12H7BrO/c1-9(16)15-12-7-4-6-11-10-5-2-3-8-13(10)17-14(11)12;13-10-6-3-5-9-8-4-1-2-7-11(8)14-12(9)10/h2-8H,1H3,(H,15,16);1-7H. The Morgan fingerprint density at radius 1 is 0.677 bits per heavy atom. The lowest BCUT2D eigenvalue weighted by molar-refractivity contribution is -0.114. The third kappa shape index (κ3) is 3.57. The molecule has 0 saturated carbocycles. The first-order valence-electron chi connectivity index (χ1n) is 9.85. The van der Waals surface area contributed by atoms with Gasteiger partial charge in [0.2, 0.25) is 5.91 Å². The average molecular weight is 472 g/mol. The molecule has 5 heteroatoms. The molecule has 31 heavy (non-hydrogen) atoms. The Morgan fingerprint density at radius 3 is 1.84 bits per heavy atom. The molecule has 152 valence electrons. The van der Waals surface area contributed by atoms with Gasteiger partial charge in [0, 0.05) is 28.5 Å². The van der Waals surface area contributed by atoms with E-state index in [1.54, 1.807) is 0 Å². The number of fused-ring (bicyclic) bond motifs is 6. The van der Waals surface area contributed by atoms with Gasteiger partial charge in [-0.1, -0.05) is 60.7 Å². The molecule has 1 N–H and O–H groups in total. The normalized spacial score (nSPS) is 11.0. The van der Waals surface area contributed by atoms with Gasteiger partial charge in [0.05, 0.1) is 10.2 Å². The van der Waals surface area contributed by atoms with Gasteiger partial charge in [-0.3, -0.25) is 4.79 Å². The van der Waals surface area contributed by atoms with Gasteiger partial charge in [0.15, 0.2) is 5.58 Å². The molecule has 0 aliphatic rings. The maximum Gasteiger partial charge on any atom is 0.221 e. The summed E-state index contributed by atoms with van der Waals surface area (Å²) in [6.45, 7) is 1.49. The fraction of sp³-hybridized carbons (Fsp3) is 0.0385. The highest BCUT2D eigenvalue weighted by molar-refractivity contribution is 9.10. The van der Waals surface area contributed by atoms with Crippen LogP contribution in [0, 0.1) is 0 Å². The van der Waals surface area contributed by atoms with Crippen LogP contribution in [0.3, 0.4) is 0 Å². The van der Waals surface area contributed by atoms with E-state index >= 15 is 0 Å². The Balaban J connectivity index is 0.000000134. The van der Waals surface area contributed by atoms with Crippen molar-refractivity contribution in [3.8, 4) is 0 Å². The van der Waals surface area contributed by atoms with Crippen LogP contribution in [0.2, 0.25) is 0 Å². The molecular weight excluding hydrogens is 454 g/mol. The molecule has 2 heterocycles. The van der Waals surface area contributed by atoms with Crippen LogP contribution in [0.4, 0.5) is 5.69 Å². The van der Waals surface area contributed by atoms with Crippen LogP contribution in [0.15, 0.2) is 98.2 Å². The maximum atomic E-state index is 11.1. The lowest BCUT2D eigenvalue weighted by Crippen LogP contribution is -2.05. The van der Waals surface area contributed by atoms with Crippen LogP contribution in [-0.4, -0.2) is 5.91 Å². The zero-order valence-corrected chi connectivity index (χ0v) is 18.3. The molecule has 4 nitrogen and oxygen atoms in total. The van der Waals surface area contributed by atoms with E-state index in [0.717, 1.165) is 43.0 Å². The molecule has 0 atom stereocenters. The highest BCUT2D eigenvalue weighted by atomic mass is 79.9. The van der Waals surface area contributed by atoms with Gasteiger partial charge < -0.3 is 14.2 Å². The van der Waals surface area contributed by atoms with E-state index < -0.39 is 0 Å². The van der Waals surface area contributed by atoms with Crippen molar-refractivity contribution >= 4 is 71.4 Å². The van der Waals surface area contributed by atoms with Gasteiger partial charge in [-0.25, -0.2) is 0 Å². The van der Waals surface area contributed by atoms with Gasteiger partial charge in [-0.05, 0) is 40.2 Å². The Morgan fingerprint density at radius 2 is 1.19 bits per heavy atom. The first-order chi connectivity index (χ1) is 15.1. The van der Waals surface area contributed by atoms with E-state index in [1.807, 2.05) is 72.8 Å². The first-order valence-corrected chi connectivity index (χ1v) is 10.6. The summed E-state index contributed by atoms with van der Waals surface area (Å²) < 4.78 is 12.5. The van der Waals surface area contributed by atoms with Gasteiger partial charge >= 0.3 is 0 Å². The van der Waals surface area contributed by atoms with Crippen LogP contribution in [0.25, 0.3) is 43.9 Å². The third-order valence-electron chi connectivity index (χ3n) is 5.07. The number of hydrogen-bond acceptors (Lipinski definition) is 3. The second-order valence-electron chi connectivity index (χ2n) is 7.18. The zero-order chi connectivity index (χ0) is 21.4. The van der Waals surface area contributed by atoms with E-state index in [9.17, 15) is 4.79 Å². The molecule has 0 spiro atoms. The maximum absolute atomic E-state index is 11.1. The van der Waals surface area contributed by atoms with Crippen LogP contribution in [0.1, 0.15) is 6.92 Å². The summed E-state index contributed by atoms with van der Waals surface area (Å²) in [5.74, 6) is -0.0991. The molecule has 2 aromatic heterocycles. The van der Waals surface area contributed by atoms with E-state index in [2.05, 4.69) is 33.4 Å². The van der Waals surface area contributed by atoms with Crippen LogP contribution < -0.4 is 5.32 Å². The van der Waals surface area contributed by atoms with Crippen molar-refractivity contribution in [2.45, 2.75) is 6.92 Å². The number of nitrogens with one attached hydrogen (secondary N) is 1. The van der Waals surface area contributed by atoms with Gasteiger partial charge in [-0.15, -0.1) is 0 Å². The van der Waals surface area contributed by atoms with E-state index in [1.165, 1.54) is 12.3 Å². The molecular formula is C26H18BrNO3. The van der Waals surface area contributed by atoms with Crippen molar-refractivity contribution in [2.24, 2.45) is 0 Å². The van der Waals surface area contributed by atoms with Crippen molar-refractivity contribution in [2.75, 3.05) is 5.32 Å². The summed E-state index contributed by atoms with van der Waals surface area (Å²) >= 11 is 3.48. The molecule has 0 saturated heterocycles. The highest BCUT2D eigenvalue weighted by Crippen LogP contribution is 2.34. The monoisotopic (exact) mass is 471 g/mol. The number of hydrogen-bond donors (Lipinski definition) is 1. The predicted octanol–water partition coefficient (Wildman–Crippen LogP) is 7.89. The number of benzene rings is 4. The predicted molar refractivity (Wildman–Crippen MR) is 129 cm³/mol. The lowest BCUT2D eigenvalue weighted by atomic mass is 10.1. The molecule has 0 aliphatic heterocycles. The summed E-state index contributed by atoms with van der Waals surface area (Å²) in [5.41, 5.74) is 4.14. The van der Waals surface area contributed by atoms with Crippen molar-refractivity contribution in [3.63, 3.8) is 0 Å². The number of anilines is 1. The molecule has 0 aliphatic carbocycles. The minimum atomic E-state index is -0.0991. The fourth-order valence-corrected chi connectivity index (χ4v) is 4.20. The fourth-order valence-electron chi connectivity index (χ4n) is 3.75. The summed E-state index contributed by atoms with van der Waals surface area (Å²) in [4.78, 5) is 11.1. The summed E-state index contributed by atoms with van der Waals surface area (Å²) in [6, 6.07) is 27.8. The first kappa shape index (κ1) is 19.4. The van der Waals surface area contributed by atoms with Crippen molar-refractivity contribution in [1.29, 1.82) is 0 Å². The third-order valence-corrected chi connectivity index (χ3v) is 5.70. The van der Waals surface area contributed by atoms with Crippen LogP contribution in [-0.2, 0) is 4.79 Å². The Kier molecular flexibility index (Phi) is 4.96. The average Bonchev–Trinajstić information content (AvgIpc) is 3.34. The minimum absolute atomic E-state index is 0.0991. The number of rotatable bonds is 1. The van der Waals surface area contributed by atoms with E-state index in [4.69, 9.17) is 8.83 Å². The van der Waals surface area contributed by atoms with Crippen LogP contribution in [0.5, 0.6) is 0 Å². The van der Waals surface area contributed by atoms with E-state index in [-0.39, 0.29) is 5.91 Å². The number of halogens is 1. The Labute approximate surface area is 186 Å². The summed E-state index contributed by atoms with van der Waals surface area (Å²) in [5, 5.41) is 7.19. The van der Waals surface area contributed by atoms with Gasteiger partial charge in [-0.2, -0.15) is 0 Å². The molecule has 0 unspecified atom stereocenters. The quantitative estimate of drug-likeness (QED) is 0.265. The summed E-state index contributed by atoms with van der Waals surface area (Å²) in [6.07, 6.45) is 0. The smallest absolute Gasteiger partial charge is 0.221 e. The van der Waals surface area contributed by atoms with Crippen molar-refractivity contribution < 1.29 is 13.6 Å². The number of carbonyl (C=O) groups is 1. The van der Waals surface area contributed by atoms with Crippen molar-refractivity contribution in [1.82, 2.24) is 0 Å². The van der Waals surface area contributed by atoms with E-state index in [0.29, 0.717) is 5.69 Å². The minimum Gasteiger partial charge on any atom is -0.455 e. The number of furan rings is 2. The topological polar surface area (TPSA) is 55.4 Å². The SMILES string of the molecule is Brc1cccc2c1oc1ccccc12.CC(=O)Nc1cccc2c1oc1ccccc12. The number of para-hydroxylation sites is 4. The summed E-state index contributed by atoms with van der Waals surface area (Å²) in [7, 11) is 0. The molecule has 1 amide bonds. The largest absolute Gasteiger partial charge is 0.455 e. The number of amides is 1. The molecule has 0 bridgehead atoms. The molecule has 4 aromatic carbocycles. The Hall–Kier alpha value is -3.57. The van der Waals surface area contributed by atoms with Gasteiger partial charge in [0.1, 0.15) is 16.7 Å². The van der Waals surface area contributed by atoms with Gasteiger partial charge in [0.25, 0.3) is 0 Å². The highest BCUT2D eigenvalue weighted by Gasteiger charge is 2.10. The molecule has 6 aromatic rings. The molecule has 0 radical (unpaired) electrons. The lowest BCUT2D eigenvalue weighted by Gasteiger charge is -2.01. The van der Waals surface area contributed by atoms with Crippen molar-refractivity contribution in [3.05, 3.63) is 89.4 Å². The van der Waals surface area contributed by atoms with Crippen LogP contribution >= 0.6 is 15.9 Å². The molecule has 0 fully saturated rings.